The summed E-state index contributed by atoms with van der Waals surface area (Å²) in [5.41, 5.74) is 6.54. The summed E-state index contributed by atoms with van der Waals surface area (Å²) >= 11 is 2.65. The number of carbonyl (C=O) groups is 2. The van der Waals surface area contributed by atoms with Crippen LogP contribution < -0.4 is 4.90 Å². The van der Waals surface area contributed by atoms with Crippen LogP contribution in [0.5, 0.6) is 0 Å². The lowest BCUT2D eigenvalue weighted by molar-refractivity contribution is -0.136. The number of nitrogens with zero attached hydrogens (tertiary/aromatic N) is 7. The number of amides is 2. The molecule has 224 valence electrons. The summed E-state index contributed by atoms with van der Waals surface area (Å²) in [5.74, 6) is -1.24. The highest BCUT2D eigenvalue weighted by Crippen LogP contribution is 2.49. The van der Waals surface area contributed by atoms with Crippen molar-refractivity contribution in [2.75, 3.05) is 11.9 Å². The minimum absolute atomic E-state index is 0.00167. The van der Waals surface area contributed by atoms with Gasteiger partial charge in [-0.1, -0.05) is 59.7 Å². The van der Waals surface area contributed by atoms with Gasteiger partial charge in [-0.2, -0.15) is 14.0 Å². The van der Waals surface area contributed by atoms with Gasteiger partial charge < -0.3 is 4.90 Å². The molecule has 0 saturated carbocycles. The molecule has 0 spiro atoms. The Balaban J connectivity index is 1.42. The number of carbonyl (C=O) groups excluding carboxylic acids is 2. The van der Waals surface area contributed by atoms with Gasteiger partial charge in [-0.25, -0.2) is 4.99 Å². The van der Waals surface area contributed by atoms with Crippen molar-refractivity contribution in [1.29, 1.82) is 5.26 Å². The highest BCUT2D eigenvalue weighted by molar-refractivity contribution is 7.21. The van der Waals surface area contributed by atoms with Gasteiger partial charge in [0.15, 0.2) is 0 Å². The number of rotatable bonds is 5. The van der Waals surface area contributed by atoms with Gasteiger partial charge in [-0.05, 0) is 45.0 Å². The van der Waals surface area contributed by atoms with Crippen LogP contribution >= 0.6 is 23.1 Å². The first-order chi connectivity index (χ1) is 22.3. The summed E-state index contributed by atoms with van der Waals surface area (Å²) in [6, 6.07) is 27.1. The van der Waals surface area contributed by atoms with E-state index in [1.165, 1.54) is 18.2 Å². The smallest absolute Gasteiger partial charge is 0.279 e. The van der Waals surface area contributed by atoms with Crippen LogP contribution in [-0.4, -0.2) is 43.2 Å². The summed E-state index contributed by atoms with van der Waals surface area (Å²) in [5, 5.41) is 12.7. The molecule has 0 atom stereocenters. The Labute approximate surface area is 272 Å². The Morgan fingerprint density at radius 3 is 2.07 bits per heavy atom. The molecule has 0 radical (unpaired) electrons. The van der Waals surface area contributed by atoms with Gasteiger partial charge in [-0.3, -0.25) is 19.5 Å². The first-order valence-corrected chi connectivity index (χ1v) is 15.9. The summed E-state index contributed by atoms with van der Waals surface area (Å²) < 4.78 is 9.15. The van der Waals surface area contributed by atoms with Gasteiger partial charge in [-0.15, -0.1) is 11.3 Å². The van der Waals surface area contributed by atoms with Crippen molar-refractivity contribution >= 4 is 84.5 Å². The molecule has 0 N–H and O–H groups in total. The number of aliphatic imine (C=N–C) groups is 1. The molecule has 0 bridgehead atoms. The van der Waals surface area contributed by atoms with E-state index < -0.39 is 11.8 Å². The number of thiophene rings is 1. The average molecular weight is 640 g/mol. The first-order valence-electron chi connectivity index (χ1n) is 14.4. The van der Waals surface area contributed by atoms with Gasteiger partial charge in [0.1, 0.15) is 44.8 Å². The number of fused-ring (bicyclic) bond motifs is 2. The third-order valence-electron chi connectivity index (χ3n) is 7.97. The molecule has 0 aliphatic carbocycles. The molecule has 6 aromatic rings. The zero-order valence-electron chi connectivity index (χ0n) is 25.3. The van der Waals surface area contributed by atoms with Gasteiger partial charge >= 0.3 is 0 Å². The van der Waals surface area contributed by atoms with Crippen LogP contribution in [0.15, 0.2) is 95.1 Å². The van der Waals surface area contributed by atoms with Gasteiger partial charge in [0, 0.05) is 34.8 Å². The summed E-state index contributed by atoms with van der Waals surface area (Å²) in [6.45, 7) is 5.70. The molecule has 46 heavy (non-hydrogen) atoms. The molecule has 0 unspecified atom stereocenters. The molecule has 1 aliphatic rings. The molecule has 4 heterocycles. The molecule has 0 saturated heterocycles. The van der Waals surface area contributed by atoms with Gasteiger partial charge in [0.2, 0.25) is 0 Å². The van der Waals surface area contributed by atoms with Crippen LogP contribution in [0.25, 0.3) is 32.4 Å². The highest BCUT2D eigenvalue weighted by Gasteiger charge is 2.34. The normalized spacial score (nSPS) is 14.5. The van der Waals surface area contributed by atoms with E-state index in [0.29, 0.717) is 22.4 Å². The van der Waals surface area contributed by atoms with E-state index in [1.54, 1.807) is 24.5 Å². The van der Waals surface area contributed by atoms with E-state index in [-0.39, 0.29) is 16.9 Å². The molecular weight excluding hydrogens is 615 g/mol. The summed E-state index contributed by atoms with van der Waals surface area (Å²) in [7, 11) is 1.33. The first kappa shape index (κ1) is 29.2. The Bertz CT molecular complexity index is 2260. The maximum absolute atomic E-state index is 13.0. The minimum atomic E-state index is -0.649. The number of pyridine rings is 1. The topological polar surface area (TPSA) is 115 Å². The Morgan fingerprint density at radius 1 is 0.826 bits per heavy atom. The van der Waals surface area contributed by atoms with E-state index in [1.807, 2.05) is 18.2 Å². The lowest BCUT2D eigenvalue weighted by atomic mass is 9.99. The number of hydrogen-bond donors (Lipinski definition) is 0. The predicted molar refractivity (Wildman–Crippen MR) is 183 cm³/mol. The number of anilines is 3. The Kier molecular flexibility index (Phi) is 7.23. The van der Waals surface area contributed by atoms with E-state index in [9.17, 15) is 14.9 Å². The van der Waals surface area contributed by atoms with Crippen LogP contribution in [0.4, 0.5) is 22.1 Å². The van der Waals surface area contributed by atoms with Crippen molar-refractivity contribution in [3.63, 3.8) is 0 Å². The number of aromatic nitrogens is 3. The van der Waals surface area contributed by atoms with Crippen molar-refractivity contribution in [3.05, 3.63) is 101 Å². The largest absolute Gasteiger partial charge is 0.301 e. The van der Waals surface area contributed by atoms with Crippen LogP contribution in [0.1, 0.15) is 18.1 Å². The second-order valence-electron chi connectivity index (χ2n) is 11.0. The van der Waals surface area contributed by atoms with Crippen molar-refractivity contribution in [1.82, 2.24) is 18.6 Å². The monoisotopic (exact) mass is 639 g/mol. The molecule has 1 aliphatic heterocycles. The number of likely N-dealkylation sites (N-methyl/N-ethyl adjacent to an activating group) is 1. The van der Waals surface area contributed by atoms with E-state index in [0.717, 1.165) is 48.7 Å². The van der Waals surface area contributed by atoms with Crippen LogP contribution in [-0.2, 0) is 9.59 Å². The number of aryl methyl sites for hydroxylation is 2. The number of imide groups is 1. The van der Waals surface area contributed by atoms with Crippen molar-refractivity contribution in [3.8, 4) is 16.6 Å². The van der Waals surface area contributed by atoms with E-state index in [4.69, 9.17) is 4.98 Å². The molecule has 2 amide bonds. The average Bonchev–Trinajstić information content (AvgIpc) is 3.71. The zero-order valence-corrected chi connectivity index (χ0v) is 26.9. The number of hydrogen-bond acceptors (Lipinski definition) is 10. The second-order valence-corrected chi connectivity index (χ2v) is 12.5. The molecule has 0 fully saturated rings. The van der Waals surface area contributed by atoms with E-state index in [2.05, 4.69) is 93.2 Å². The fraction of sp³-hybridized carbons (Fsp3) is 0.114. The SMILES string of the molecule is CC1=C(C#N)C(=O)N(C)C(=O)C1=Nc1cnc(-c2sc(N(c3ccc(C)cc3)c3ccc(C)cc3)c3ccccc23)c2nsnc12. The van der Waals surface area contributed by atoms with E-state index >= 15 is 0 Å². The number of benzene rings is 3. The van der Waals surface area contributed by atoms with Crippen LogP contribution in [0.3, 0.4) is 0 Å². The Morgan fingerprint density at radius 2 is 1.43 bits per heavy atom. The predicted octanol–water partition coefficient (Wildman–Crippen LogP) is 7.97. The summed E-state index contributed by atoms with van der Waals surface area (Å²) in [4.78, 5) is 39.0. The van der Waals surface area contributed by atoms with Crippen molar-refractivity contribution < 1.29 is 9.59 Å². The molecule has 3 aromatic heterocycles. The van der Waals surface area contributed by atoms with Crippen LogP contribution in [0, 0.1) is 25.2 Å². The van der Waals surface area contributed by atoms with Gasteiger partial charge in [0.05, 0.1) is 22.8 Å². The van der Waals surface area contributed by atoms with Crippen molar-refractivity contribution in [2.45, 2.75) is 20.8 Å². The minimum Gasteiger partial charge on any atom is -0.301 e. The fourth-order valence-corrected chi connectivity index (χ4v) is 7.31. The van der Waals surface area contributed by atoms with Crippen molar-refractivity contribution in [2.24, 2.45) is 4.99 Å². The quantitative estimate of drug-likeness (QED) is 0.176. The van der Waals surface area contributed by atoms with Crippen LogP contribution in [0.2, 0.25) is 0 Å². The lowest BCUT2D eigenvalue weighted by Gasteiger charge is -2.24. The molecule has 7 rings (SSSR count). The molecule has 11 heteroatoms. The Hall–Kier alpha value is -5.57. The lowest BCUT2D eigenvalue weighted by Crippen LogP contribution is -2.44. The van der Waals surface area contributed by atoms with Gasteiger partial charge in [0.25, 0.3) is 11.8 Å². The number of nitriles is 1. The standard InChI is InChI=1S/C35H25N7O2S2/c1-19-9-13-22(14-10-19)42(23-15-11-20(2)12-16-23)35-25-8-6-5-7-24(25)32(45-35)31-30-29(39-46-40-30)27(18-37-31)38-28-21(3)26(17-36)33(43)41(4)34(28)44/h5-16,18H,1-4H3. The second kappa shape index (κ2) is 11.4. The molecule has 9 nitrogen and oxygen atoms in total. The maximum atomic E-state index is 13.0. The molecule has 3 aromatic carbocycles. The third-order valence-corrected chi connectivity index (χ3v) is 9.72. The summed E-state index contributed by atoms with van der Waals surface area (Å²) in [6.07, 6.45) is 1.57. The highest BCUT2D eigenvalue weighted by atomic mass is 32.1. The fourth-order valence-electron chi connectivity index (χ4n) is 5.44. The third kappa shape index (κ3) is 4.75. The molecular formula is C35H25N7O2S2. The maximum Gasteiger partial charge on any atom is 0.279 e. The zero-order chi connectivity index (χ0) is 32.1.